The highest BCUT2D eigenvalue weighted by atomic mass is 15.0. The topological polar surface area (TPSA) is 49.8 Å². The van der Waals surface area contributed by atoms with Crippen molar-refractivity contribution < 1.29 is 0 Å². The van der Waals surface area contributed by atoms with E-state index < -0.39 is 0 Å². The van der Waals surface area contributed by atoms with Crippen LogP contribution in [0.1, 0.15) is 50.1 Å². The van der Waals surface area contributed by atoms with Gasteiger partial charge in [-0.1, -0.05) is 38.8 Å². The Morgan fingerprint density at radius 1 is 1.00 bits per heavy atom. The van der Waals surface area contributed by atoms with E-state index in [1.807, 2.05) is 19.2 Å². The van der Waals surface area contributed by atoms with Gasteiger partial charge in [0, 0.05) is 25.0 Å². The maximum absolute atomic E-state index is 4.59. The Labute approximate surface area is 146 Å². The van der Waals surface area contributed by atoms with Crippen molar-refractivity contribution in [3.05, 3.63) is 47.3 Å². The maximum atomic E-state index is 4.59. The molecule has 4 heteroatoms. The van der Waals surface area contributed by atoms with Crippen molar-refractivity contribution >= 4 is 11.6 Å². The van der Waals surface area contributed by atoms with Crippen molar-refractivity contribution in [1.29, 1.82) is 0 Å². The Morgan fingerprint density at radius 2 is 1.75 bits per heavy atom. The molecule has 4 nitrogen and oxygen atoms in total. The largest absolute Gasteiger partial charge is 0.373 e. The summed E-state index contributed by atoms with van der Waals surface area (Å²) in [7, 11) is 1.89. The van der Waals surface area contributed by atoms with E-state index in [2.05, 4.69) is 52.6 Å². The molecule has 2 N–H and O–H groups in total. The number of aromatic nitrogens is 2. The monoisotopic (exact) mass is 326 g/mol. The minimum atomic E-state index is 0.955. The number of aryl methyl sites for hydroxylation is 3. The molecule has 0 aliphatic carbocycles. The van der Waals surface area contributed by atoms with Crippen LogP contribution in [-0.2, 0) is 19.3 Å². The molecule has 1 aliphatic heterocycles. The van der Waals surface area contributed by atoms with Crippen LogP contribution in [0, 0.1) is 0 Å². The molecule has 0 unspecified atom stereocenters. The van der Waals surface area contributed by atoms with E-state index in [0.717, 1.165) is 37.4 Å². The molecular formula is C20H30N4. The summed E-state index contributed by atoms with van der Waals surface area (Å²) in [5, 5.41) is 6.36. The number of anilines is 2. The first-order valence-electron chi connectivity index (χ1n) is 9.13. The third-order valence-electron chi connectivity index (χ3n) is 4.03. The Kier molecular flexibility index (Phi) is 7.53. The van der Waals surface area contributed by atoms with Gasteiger partial charge in [-0.2, -0.15) is 0 Å². The van der Waals surface area contributed by atoms with E-state index in [4.69, 9.17) is 0 Å². The highest BCUT2D eigenvalue weighted by Gasteiger charge is 2.09. The average Bonchev–Trinajstić information content (AvgIpc) is 2.63. The molecule has 3 heterocycles. The molecule has 0 fully saturated rings. The van der Waals surface area contributed by atoms with Crippen molar-refractivity contribution in [2.24, 2.45) is 0 Å². The molecule has 24 heavy (non-hydrogen) atoms. The molecule has 2 aromatic heterocycles. The Morgan fingerprint density at radius 3 is 2.46 bits per heavy atom. The summed E-state index contributed by atoms with van der Waals surface area (Å²) in [6.45, 7) is 5.43. The summed E-state index contributed by atoms with van der Waals surface area (Å²) in [5.74, 6) is 2.08. The summed E-state index contributed by atoms with van der Waals surface area (Å²) in [4.78, 5) is 8.96. The lowest BCUT2D eigenvalue weighted by Gasteiger charge is -2.17. The van der Waals surface area contributed by atoms with Crippen LogP contribution in [0.4, 0.5) is 11.6 Å². The van der Waals surface area contributed by atoms with E-state index in [9.17, 15) is 0 Å². The van der Waals surface area contributed by atoms with Gasteiger partial charge in [-0.3, -0.25) is 0 Å². The van der Waals surface area contributed by atoms with Gasteiger partial charge in [0.25, 0.3) is 0 Å². The SMILES string of the molecule is CCCc1ccc2c(n1)NCCC2.CCCc1cccc(NC)n1. The quantitative estimate of drug-likeness (QED) is 0.851. The second kappa shape index (κ2) is 9.91. The lowest BCUT2D eigenvalue weighted by atomic mass is 10.1. The van der Waals surface area contributed by atoms with Gasteiger partial charge in [0.1, 0.15) is 11.6 Å². The second-order valence-corrected chi connectivity index (χ2v) is 6.10. The zero-order valence-electron chi connectivity index (χ0n) is 15.2. The van der Waals surface area contributed by atoms with Crippen LogP contribution in [0.3, 0.4) is 0 Å². The van der Waals surface area contributed by atoms with Crippen molar-refractivity contribution in [1.82, 2.24) is 9.97 Å². The minimum Gasteiger partial charge on any atom is -0.373 e. The third kappa shape index (κ3) is 5.52. The number of hydrogen-bond donors (Lipinski definition) is 2. The fourth-order valence-corrected chi connectivity index (χ4v) is 2.78. The minimum absolute atomic E-state index is 0.955. The molecule has 0 aromatic carbocycles. The fraction of sp³-hybridized carbons (Fsp3) is 0.500. The van der Waals surface area contributed by atoms with Crippen molar-refractivity contribution in [3.63, 3.8) is 0 Å². The zero-order chi connectivity index (χ0) is 17.2. The molecule has 0 bridgehead atoms. The molecule has 1 aliphatic rings. The summed E-state index contributed by atoms with van der Waals surface area (Å²) < 4.78 is 0. The number of nitrogens with one attached hydrogen (secondary N) is 2. The standard InChI is InChI=1S/C11H16N2.C9H14N2/c1-2-4-10-7-6-9-5-3-8-12-11(9)13-10;1-3-5-8-6-4-7-9(10-2)11-8/h6-7H,2-5,8H2,1H3,(H,12,13);4,6-7H,3,5H2,1-2H3,(H,10,11). The number of nitrogens with zero attached hydrogens (tertiary/aromatic N) is 2. The van der Waals surface area contributed by atoms with Gasteiger partial charge in [-0.05, 0) is 49.4 Å². The molecule has 0 amide bonds. The second-order valence-electron chi connectivity index (χ2n) is 6.10. The molecule has 3 rings (SSSR count). The van der Waals surface area contributed by atoms with Gasteiger partial charge < -0.3 is 10.6 Å². The first-order chi connectivity index (χ1) is 11.8. The van der Waals surface area contributed by atoms with Gasteiger partial charge in [0.15, 0.2) is 0 Å². The van der Waals surface area contributed by atoms with E-state index in [0.29, 0.717) is 0 Å². The fourth-order valence-electron chi connectivity index (χ4n) is 2.78. The van der Waals surface area contributed by atoms with Gasteiger partial charge in [-0.15, -0.1) is 0 Å². The van der Waals surface area contributed by atoms with Crippen LogP contribution >= 0.6 is 0 Å². The van der Waals surface area contributed by atoms with Crippen LogP contribution in [0.15, 0.2) is 30.3 Å². The highest BCUT2D eigenvalue weighted by molar-refractivity contribution is 5.47. The smallest absolute Gasteiger partial charge is 0.129 e. The van der Waals surface area contributed by atoms with Crippen LogP contribution in [-0.4, -0.2) is 23.6 Å². The van der Waals surface area contributed by atoms with Gasteiger partial charge in [-0.25, -0.2) is 9.97 Å². The van der Waals surface area contributed by atoms with Gasteiger partial charge >= 0.3 is 0 Å². The predicted molar refractivity (Wildman–Crippen MR) is 103 cm³/mol. The maximum Gasteiger partial charge on any atom is 0.129 e. The number of hydrogen-bond acceptors (Lipinski definition) is 4. The van der Waals surface area contributed by atoms with Gasteiger partial charge in [0.2, 0.25) is 0 Å². The molecule has 130 valence electrons. The van der Waals surface area contributed by atoms with Crippen LogP contribution in [0.5, 0.6) is 0 Å². The van der Waals surface area contributed by atoms with Crippen molar-refractivity contribution in [2.75, 3.05) is 24.2 Å². The van der Waals surface area contributed by atoms with E-state index in [1.165, 1.54) is 36.2 Å². The highest BCUT2D eigenvalue weighted by Crippen LogP contribution is 2.19. The number of pyridine rings is 2. The van der Waals surface area contributed by atoms with Gasteiger partial charge in [0.05, 0.1) is 0 Å². The van der Waals surface area contributed by atoms with Crippen molar-refractivity contribution in [2.45, 2.75) is 52.4 Å². The number of fused-ring (bicyclic) bond motifs is 1. The van der Waals surface area contributed by atoms with Crippen LogP contribution in [0.25, 0.3) is 0 Å². The molecule has 0 radical (unpaired) electrons. The molecule has 2 aromatic rings. The van der Waals surface area contributed by atoms with Crippen LogP contribution in [0.2, 0.25) is 0 Å². The Balaban J connectivity index is 0.000000177. The third-order valence-corrected chi connectivity index (χ3v) is 4.03. The van der Waals surface area contributed by atoms with E-state index >= 15 is 0 Å². The number of rotatable bonds is 5. The predicted octanol–water partition coefficient (Wildman–Crippen LogP) is 4.47. The molecule has 0 atom stereocenters. The first kappa shape index (κ1) is 18.2. The van der Waals surface area contributed by atoms with Crippen molar-refractivity contribution in [3.8, 4) is 0 Å². The molecule has 0 spiro atoms. The summed E-state index contributed by atoms with van der Waals surface area (Å²) in [6, 6.07) is 10.4. The lowest BCUT2D eigenvalue weighted by molar-refractivity contribution is 0.803. The summed E-state index contributed by atoms with van der Waals surface area (Å²) in [6.07, 6.45) is 6.90. The first-order valence-corrected chi connectivity index (χ1v) is 9.13. The molecule has 0 saturated carbocycles. The van der Waals surface area contributed by atoms with E-state index in [1.54, 1.807) is 0 Å². The lowest BCUT2D eigenvalue weighted by Crippen LogP contribution is -2.13. The van der Waals surface area contributed by atoms with Crippen LogP contribution < -0.4 is 10.6 Å². The normalized spacial score (nSPS) is 12.5. The Hall–Kier alpha value is -2.10. The summed E-state index contributed by atoms with van der Waals surface area (Å²) >= 11 is 0. The van der Waals surface area contributed by atoms with E-state index in [-0.39, 0.29) is 0 Å². The molecule has 0 saturated heterocycles. The molecular weight excluding hydrogens is 296 g/mol. The summed E-state index contributed by atoms with van der Waals surface area (Å²) in [5.41, 5.74) is 3.76. The average molecular weight is 326 g/mol. The zero-order valence-corrected chi connectivity index (χ0v) is 15.2. The Bertz CT molecular complexity index is 625.